The van der Waals surface area contributed by atoms with Gasteiger partial charge in [0.2, 0.25) is 5.91 Å². The van der Waals surface area contributed by atoms with Crippen LogP contribution in [0.1, 0.15) is 29.7 Å². The third kappa shape index (κ3) is 6.59. The van der Waals surface area contributed by atoms with E-state index in [0.29, 0.717) is 24.7 Å². The number of hydrogen-bond acceptors (Lipinski definition) is 4. The number of methoxy groups -OCH3 is 1. The highest BCUT2D eigenvalue weighted by Gasteiger charge is 2.13. The number of nitrogens with one attached hydrogen (secondary N) is 1. The molecular formula is C26H30N2O3. The molecule has 0 aliphatic rings. The third-order valence-corrected chi connectivity index (χ3v) is 5.17. The highest BCUT2D eigenvalue weighted by Crippen LogP contribution is 2.29. The predicted molar refractivity (Wildman–Crippen MR) is 123 cm³/mol. The van der Waals surface area contributed by atoms with E-state index in [2.05, 4.69) is 24.4 Å². The maximum absolute atomic E-state index is 12.6. The molecular weight excluding hydrogens is 388 g/mol. The molecule has 1 atom stereocenters. The van der Waals surface area contributed by atoms with Gasteiger partial charge in [-0.15, -0.1) is 0 Å². The number of ether oxygens (including phenoxy) is 2. The van der Waals surface area contributed by atoms with Crippen LogP contribution in [-0.4, -0.2) is 31.5 Å². The summed E-state index contributed by atoms with van der Waals surface area (Å²) in [6.45, 7) is 3.30. The summed E-state index contributed by atoms with van der Waals surface area (Å²) < 4.78 is 11.4. The smallest absolute Gasteiger partial charge is 0.236 e. The molecule has 0 saturated heterocycles. The predicted octanol–water partition coefficient (Wildman–Crippen LogP) is 4.58. The second kappa shape index (κ2) is 11.2. The lowest BCUT2D eigenvalue weighted by Crippen LogP contribution is -2.36. The van der Waals surface area contributed by atoms with E-state index in [-0.39, 0.29) is 18.5 Å². The van der Waals surface area contributed by atoms with Gasteiger partial charge in [0, 0.05) is 19.6 Å². The van der Waals surface area contributed by atoms with E-state index in [1.54, 1.807) is 12.0 Å². The van der Waals surface area contributed by atoms with Crippen LogP contribution in [-0.2, 0) is 17.9 Å². The molecule has 0 aliphatic carbocycles. The summed E-state index contributed by atoms with van der Waals surface area (Å²) in [5, 5.41) is 3.29. The number of amides is 1. The van der Waals surface area contributed by atoms with E-state index in [0.717, 1.165) is 16.7 Å². The van der Waals surface area contributed by atoms with Crippen LogP contribution in [0.5, 0.6) is 11.5 Å². The topological polar surface area (TPSA) is 50.8 Å². The van der Waals surface area contributed by atoms with Crippen LogP contribution in [0.25, 0.3) is 0 Å². The molecule has 3 aromatic carbocycles. The first-order chi connectivity index (χ1) is 15.1. The molecule has 0 saturated carbocycles. The Morgan fingerprint density at radius 1 is 0.935 bits per heavy atom. The van der Waals surface area contributed by atoms with Gasteiger partial charge in [0.05, 0.1) is 13.7 Å². The average molecular weight is 419 g/mol. The first-order valence-electron chi connectivity index (χ1n) is 10.4. The molecule has 5 nitrogen and oxygen atoms in total. The molecule has 162 valence electrons. The molecule has 3 rings (SSSR count). The van der Waals surface area contributed by atoms with Crippen molar-refractivity contribution in [2.24, 2.45) is 0 Å². The maximum atomic E-state index is 12.6. The second-order valence-electron chi connectivity index (χ2n) is 7.52. The average Bonchev–Trinajstić information content (AvgIpc) is 2.82. The van der Waals surface area contributed by atoms with Gasteiger partial charge in [0.25, 0.3) is 0 Å². The van der Waals surface area contributed by atoms with E-state index >= 15 is 0 Å². The van der Waals surface area contributed by atoms with Gasteiger partial charge in [-0.2, -0.15) is 0 Å². The van der Waals surface area contributed by atoms with Crippen molar-refractivity contribution in [2.75, 3.05) is 20.7 Å². The zero-order chi connectivity index (χ0) is 22.1. The molecule has 0 aromatic heterocycles. The molecule has 1 amide bonds. The molecule has 0 bridgehead atoms. The quantitative estimate of drug-likeness (QED) is 0.523. The van der Waals surface area contributed by atoms with Crippen molar-refractivity contribution in [2.45, 2.75) is 26.1 Å². The van der Waals surface area contributed by atoms with Crippen LogP contribution < -0.4 is 14.8 Å². The van der Waals surface area contributed by atoms with Crippen molar-refractivity contribution >= 4 is 5.91 Å². The number of rotatable bonds is 10. The molecule has 3 aromatic rings. The number of nitrogens with zero attached hydrogens (tertiary/aromatic N) is 1. The Labute approximate surface area is 184 Å². The summed E-state index contributed by atoms with van der Waals surface area (Å²) in [6.07, 6.45) is 0. The summed E-state index contributed by atoms with van der Waals surface area (Å²) in [6, 6.07) is 26.0. The number of benzene rings is 3. The number of hydrogen-bond donors (Lipinski definition) is 1. The lowest BCUT2D eigenvalue weighted by Gasteiger charge is -2.20. The summed E-state index contributed by atoms with van der Waals surface area (Å²) in [5.41, 5.74) is 3.24. The Kier molecular flexibility index (Phi) is 8.07. The van der Waals surface area contributed by atoms with Gasteiger partial charge in [0.1, 0.15) is 6.61 Å². The van der Waals surface area contributed by atoms with Crippen molar-refractivity contribution in [1.82, 2.24) is 10.2 Å². The Balaban J connectivity index is 1.54. The highest BCUT2D eigenvalue weighted by atomic mass is 16.5. The van der Waals surface area contributed by atoms with Crippen molar-refractivity contribution in [1.29, 1.82) is 0 Å². The first-order valence-corrected chi connectivity index (χ1v) is 10.4. The van der Waals surface area contributed by atoms with E-state index in [9.17, 15) is 4.79 Å². The molecule has 0 fully saturated rings. The van der Waals surface area contributed by atoms with Gasteiger partial charge in [0.15, 0.2) is 11.5 Å². The summed E-state index contributed by atoms with van der Waals surface area (Å²) in [4.78, 5) is 14.3. The van der Waals surface area contributed by atoms with Gasteiger partial charge < -0.3 is 19.7 Å². The SMILES string of the molecule is COc1cc(CN(C)C(=O)CN[C@@H](C)c2ccccc2)ccc1OCc1ccccc1. The fraction of sp³-hybridized carbons (Fsp3) is 0.269. The van der Waals surface area contributed by atoms with Crippen molar-refractivity contribution in [3.05, 3.63) is 95.6 Å². The van der Waals surface area contributed by atoms with Gasteiger partial charge in [-0.1, -0.05) is 66.7 Å². The highest BCUT2D eigenvalue weighted by molar-refractivity contribution is 5.78. The Morgan fingerprint density at radius 3 is 2.29 bits per heavy atom. The maximum Gasteiger partial charge on any atom is 0.236 e. The summed E-state index contributed by atoms with van der Waals surface area (Å²) in [7, 11) is 3.43. The van der Waals surface area contributed by atoms with Gasteiger partial charge >= 0.3 is 0 Å². The fourth-order valence-electron chi connectivity index (χ4n) is 3.26. The van der Waals surface area contributed by atoms with E-state index in [1.807, 2.05) is 73.8 Å². The van der Waals surface area contributed by atoms with Gasteiger partial charge in [-0.3, -0.25) is 4.79 Å². The second-order valence-corrected chi connectivity index (χ2v) is 7.52. The van der Waals surface area contributed by atoms with Crippen LogP contribution >= 0.6 is 0 Å². The summed E-state index contributed by atoms with van der Waals surface area (Å²) in [5.74, 6) is 1.37. The van der Waals surface area contributed by atoms with Crippen LogP contribution in [0.3, 0.4) is 0 Å². The molecule has 0 heterocycles. The molecule has 31 heavy (non-hydrogen) atoms. The normalized spacial score (nSPS) is 11.6. The summed E-state index contributed by atoms with van der Waals surface area (Å²) >= 11 is 0. The molecule has 1 N–H and O–H groups in total. The van der Waals surface area contributed by atoms with Crippen molar-refractivity contribution in [3.63, 3.8) is 0 Å². The van der Waals surface area contributed by atoms with E-state index in [1.165, 1.54) is 0 Å². The van der Waals surface area contributed by atoms with Gasteiger partial charge in [-0.05, 0) is 35.7 Å². The molecule has 5 heteroatoms. The Bertz CT molecular complexity index is 961. The minimum Gasteiger partial charge on any atom is -0.493 e. The monoisotopic (exact) mass is 418 g/mol. The minimum atomic E-state index is 0.0335. The minimum absolute atomic E-state index is 0.0335. The molecule has 0 unspecified atom stereocenters. The first kappa shape index (κ1) is 22.4. The zero-order valence-electron chi connectivity index (χ0n) is 18.4. The van der Waals surface area contributed by atoms with Crippen molar-refractivity contribution < 1.29 is 14.3 Å². The number of carbonyl (C=O) groups is 1. The van der Waals surface area contributed by atoms with E-state index < -0.39 is 0 Å². The van der Waals surface area contributed by atoms with E-state index in [4.69, 9.17) is 9.47 Å². The number of carbonyl (C=O) groups excluding carboxylic acids is 1. The third-order valence-electron chi connectivity index (χ3n) is 5.17. The molecule has 0 aliphatic heterocycles. The fourth-order valence-corrected chi connectivity index (χ4v) is 3.26. The largest absolute Gasteiger partial charge is 0.493 e. The Morgan fingerprint density at radius 2 is 1.61 bits per heavy atom. The zero-order valence-corrected chi connectivity index (χ0v) is 18.4. The lowest BCUT2D eigenvalue weighted by atomic mass is 10.1. The van der Waals surface area contributed by atoms with Crippen molar-refractivity contribution in [3.8, 4) is 11.5 Å². The van der Waals surface area contributed by atoms with Crippen LogP contribution in [0, 0.1) is 0 Å². The standard InChI is InChI=1S/C26H30N2O3/c1-20(23-12-8-5-9-13-23)27-17-26(29)28(2)18-22-14-15-24(25(16-22)30-3)31-19-21-10-6-4-7-11-21/h4-16,20,27H,17-19H2,1-3H3/t20-/m0/s1. The Hall–Kier alpha value is -3.31. The molecule has 0 spiro atoms. The molecule has 0 radical (unpaired) electrons. The number of likely N-dealkylation sites (N-methyl/N-ethyl adjacent to an activating group) is 1. The van der Waals surface area contributed by atoms with Crippen LogP contribution in [0.15, 0.2) is 78.9 Å². The van der Waals surface area contributed by atoms with Crippen LogP contribution in [0.4, 0.5) is 0 Å². The van der Waals surface area contributed by atoms with Gasteiger partial charge in [-0.25, -0.2) is 0 Å². The van der Waals surface area contributed by atoms with Crippen LogP contribution in [0.2, 0.25) is 0 Å². The lowest BCUT2D eigenvalue weighted by molar-refractivity contribution is -0.129.